The molecule has 1 atom stereocenters. The van der Waals surface area contributed by atoms with Crippen molar-refractivity contribution in [3.63, 3.8) is 0 Å². The van der Waals surface area contributed by atoms with Gasteiger partial charge >= 0.3 is 11.8 Å². The zero-order valence-electron chi connectivity index (χ0n) is 14.6. The number of rotatable bonds is 4. The van der Waals surface area contributed by atoms with Gasteiger partial charge in [-0.2, -0.15) is 0 Å². The zero-order chi connectivity index (χ0) is 17.8. The molecule has 1 aliphatic rings. The lowest BCUT2D eigenvalue weighted by atomic mass is 9.99. The standard InChI is InChI=1S/C19H25N3O3/c1-2-8-21-10-7-15-11-16(5-6-17(15)21)20-18(24)19(25)22-9-3-4-14(12-22)13-23/h5-7,10-11,14,23H,2-4,8-9,12-13H2,1H3,(H,20,24). The first-order valence-corrected chi connectivity index (χ1v) is 8.92. The monoisotopic (exact) mass is 343 g/mol. The summed E-state index contributed by atoms with van der Waals surface area (Å²) in [5.74, 6) is -1.08. The van der Waals surface area contributed by atoms with Crippen molar-refractivity contribution in [3.05, 3.63) is 30.5 Å². The van der Waals surface area contributed by atoms with E-state index in [0.29, 0.717) is 18.8 Å². The maximum absolute atomic E-state index is 12.3. The van der Waals surface area contributed by atoms with Crippen molar-refractivity contribution in [2.75, 3.05) is 25.0 Å². The van der Waals surface area contributed by atoms with Crippen LogP contribution in [-0.4, -0.2) is 46.1 Å². The summed E-state index contributed by atoms with van der Waals surface area (Å²) in [6, 6.07) is 7.69. The molecule has 3 rings (SSSR count). The SMILES string of the molecule is CCCn1ccc2cc(NC(=O)C(=O)N3CCCC(CO)C3)ccc21. The number of hydrogen-bond donors (Lipinski definition) is 2. The van der Waals surface area contributed by atoms with E-state index in [2.05, 4.69) is 16.8 Å². The van der Waals surface area contributed by atoms with Crippen LogP contribution < -0.4 is 5.32 Å². The van der Waals surface area contributed by atoms with Gasteiger partial charge in [0.1, 0.15) is 0 Å². The number of benzene rings is 1. The highest BCUT2D eigenvalue weighted by Crippen LogP contribution is 2.21. The molecular weight excluding hydrogens is 318 g/mol. The first-order valence-electron chi connectivity index (χ1n) is 8.92. The van der Waals surface area contributed by atoms with Crippen LogP contribution in [0.15, 0.2) is 30.5 Å². The Labute approximate surface area is 147 Å². The maximum atomic E-state index is 12.3. The summed E-state index contributed by atoms with van der Waals surface area (Å²) in [6.45, 7) is 4.16. The second kappa shape index (κ2) is 7.70. The molecule has 2 aromatic rings. The fraction of sp³-hybridized carbons (Fsp3) is 0.474. The Balaban J connectivity index is 1.68. The molecule has 2 heterocycles. The van der Waals surface area contributed by atoms with Gasteiger partial charge in [-0.05, 0) is 49.4 Å². The van der Waals surface area contributed by atoms with Crippen molar-refractivity contribution in [3.8, 4) is 0 Å². The number of aromatic nitrogens is 1. The summed E-state index contributed by atoms with van der Waals surface area (Å²) < 4.78 is 2.18. The van der Waals surface area contributed by atoms with E-state index >= 15 is 0 Å². The van der Waals surface area contributed by atoms with Crippen LogP contribution in [0.4, 0.5) is 5.69 Å². The normalized spacial score (nSPS) is 17.7. The Morgan fingerprint density at radius 1 is 1.32 bits per heavy atom. The molecule has 1 unspecified atom stereocenters. The number of nitrogens with zero attached hydrogens (tertiary/aromatic N) is 2. The third kappa shape index (κ3) is 3.85. The summed E-state index contributed by atoms with van der Waals surface area (Å²) in [7, 11) is 0. The van der Waals surface area contributed by atoms with Crippen LogP contribution in [0.1, 0.15) is 26.2 Å². The van der Waals surface area contributed by atoms with Gasteiger partial charge < -0.3 is 19.9 Å². The van der Waals surface area contributed by atoms with E-state index < -0.39 is 11.8 Å². The summed E-state index contributed by atoms with van der Waals surface area (Å²) in [6.07, 6.45) is 4.81. The van der Waals surface area contributed by atoms with E-state index in [4.69, 9.17) is 0 Å². The molecule has 2 amide bonds. The van der Waals surface area contributed by atoms with Crippen LogP contribution in [0.5, 0.6) is 0 Å². The molecule has 1 aromatic heterocycles. The van der Waals surface area contributed by atoms with E-state index in [1.54, 1.807) is 0 Å². The van der Waals surface area contributed by atoms with Gasteiger partial charge in [-0.25, -0.2) is 0 Å². The summed E-state index contributed by atoms with van der Waals surface area (Å²) in [5, 5.41) is 13.0. The number of aliphatic hydroxyl groups is 1. The lowest BCUT2D eigenvalue weighted by Gasteiger charge is -2.31. The van der Waals surface area contributed by atoms with E-state index in [-0.39, 0.29) is 12.5 Å². The van der Waals surface area contributed by atoms with E-state index in [1.165, 1.54) is 4.90 Å². The molecule has 6 heteroatoms. The largest absolute Gasteiger partial charge is 0.396 e. The van der Waals surface area contributed by atoms with Crippen LogP contribution in [0.2, 0.25) is 0 Å². The Kier molecular flexibility index (Phi) is 5.38. The minimum Gasteiger partial charge on any atom is -0.396 e. The van der Waals surface area contributed by atoms with Crippen molar-refractivity contribution < 1.29 is 14.7 Å². The van der Waals surface area contributed by atoms with E-state index in [9.17, 15) is 14.7 Å². The number of carbonyl (C=O) groups is 2. The maximum Gasteiger partial charge on any atom is 0.313 e. The van der Waals surface area contributed by atoms with Crippen LogP contribution >= 0.6 is 0 Å². The number of carbonyl (C=O) groups excluding carboxylic acids is 2. The third-order valence-corrected chi connectivity index (χ3v) is 4.75. The van der Waals surface area contributed by atoms with Gasteiger partial charge in [0.15, 0.2) is 0 Å². The van der Waals surface area contributed by atoms with Crippen molar-refractivity contribution in [1.82, 2.24) is 9.47 Å². The molecule has 6 nitrogen and oxygen atoms in total. The zero-order valence-corrected chi connectivity index (χ0v) is 14.6. The topological polar surface area (TPSA) is 74.6 Å². The first-order chi connectivity index (χ1) is 12.1. The predicted octanol–water partition coefficient (Wildman–Crippen LogP) is 2.22. The highest BCUT2D eigenvalue weighted by molar-refractivity contribution is 6.39. The Morgan fingerprint density at radius 3 is 2.92 bits per heavy atom. The van der Waals surface area contributed by atoms with Gasteiger partial charge in [-0.15, -0.1) is 0 Å². The average Bonchev–Trinajstić information content (AvgIpc) is 3.03. The number of anilines is 1. The van der Waals surface area contributed by atoms with Crippen molar-refractivity contribution >= 4 is 28.4 Å². The van der Waals surface area contributed by atoms with Crippen LogP contribution in [-0.2, 0) is 16.1 Å². The van der Waals surface area contributed by atoms with Crippen LogP contribution in [0.3, 0.4) is 0 Å². The average molecular weight is 343 g/mol. The highest BCUT2D eigenvalue weighted by Gasteiger charge is 2.27. The Morgan fingerprint density at radius 2 is 2.16 bits per heavy atom. The molecule has 0 bridgehead atoms. The number of hydrogen-bond acceptors (Lipinski definition) is 3. The smallest absolute Gasteiger partial charge is 0.313 e. The van der Waals surface area contributed by atoms with Crippen molar-refractivity contribution in [1.29, 1.82) is 0 Å². The van der Waals surface area contributed by atoms with Gasteiger partial charge in [0.25, 0.3) is 0 Å². The second-order valence-electron chi connectivity index (χ2n) is 6.68. The Bertz CT molecular complexity index is 768. The van der Waals surface area contributed by atoms with E-state index in [1.807, 2.05) is 30.5 Å². The molecule has 1 aromatic carbocycles. The third-order valence-electron chi connectivity index (χ3n) is 4.75. The number of aryl methyl sites for hydroxylation is 1. The number of nitrogens with one attached hydrogen (secondary N) is 1. The lowest BCUT2D eigenvalue weighted by Crippen LogP contribution is -2.45. The minimum absolute atomic E-state index is 0.0524. The molecule has 134 valence electrons. The Hall–Kier alpha value is -2.34. The molecule has 25 heavy (non-hydrogen) atoms. The van der Waals surface area contributed by atoms with Gasteiger partial charge in [-0.3, -0.25) is 9.59 Å². The molecule has 1 fully saturated rings. The fourth-order valence-corrected chi connectivity index (χ4v) is 3.44. The molecule has 1 saturated heterocycles. The molecule has 0 radical (unpaired) electrons. The lowest BCUT2D eigenvalue weighted by molar-refractivity contribution is -0.144. The highest BCUT2D eigenvalue weighted by atomic mass is 16.3. The molecular formula is C19H25N3O3. The molecule has 1 aliphatic heterocycles. The van der Waals surface area contributed by atoms with Gasteiger partial charge in [-0.1, -0.05) is 6.92 Å². The number of likely N-dealkylation sites (tertiary alicyclic amines) is 1. The molecule has 2 N–H and O–H groups in total. The van der Waals surface area contributed by atoms with Crippen molar-refractivity contribution in [2.45, 2.75) is 32.7 Å². The van der Waals surface area contributed by atoms with Gasteiger partial charge in [0, 0.05) is 49.0 Å². The number of amides is 2. The summed E-state index contributed by atoms with van der Waals surface area (Å²) in [4.78, 5) is 26.2. The minimum atomic E-state index is -0.620. The first kappa shape index (κ1) is 17.5. The molecule has 0 aliphatic carbocycles. The number of piperidine rings is 1. The van der Waals surface area contributed by atoms with Gasteiger partial charge in [0.2, 0.25) is 0 Å². The quantitative estimate of drug-likeness (QED) is 0.836. The second-order valence-corrected chi connectivity index (χ2v) is 6.68. The summed E-state index contributed by atoms with van der Waals surface area (Å²) >= 11 is 0. The summed E-state index contributed by atoms with van der Waals surface area (Å²) in [5.41, 5.74) is 1.74. The predicted molar refractivity (Wildman–Crippen MR) is 97.2 cm³/mol. The van der Waals surface area contributed by atoms with E-state index in [0.717, 1.165) is 36.7 Å². The van der Waals surface area contributed by atoms with Crippen molar-refractivity contribution in [2.24, 2.45) is 5.92 Å². The number of fused-ring (bicyclic) bond motifs is 1. The molecule has 0 saturated carbocycles. The molecule has 0 spiro atoms. The van der Waals surface area contributed by atoms with Gasteiger partial charge in [0.05, 0.1) is 0 Å². The van der Waals surface area contributed by atoms with Crippen LogP contribution in [0, 0.1) is 5.92 Å². The van der Waals surface area contributed by atoms with Crippen LogP contribution in [0.25, 0.3) is 10.9 Å². The number of aliphatic hydroxyl groups excluding tert-OH is 1. The fourth-order valence-electron chi connectivity index (χ4n) is 3.44.